The van der Waals surface area contributed by atoms with Crippen LogP contribution in [0.1, 0.15) is 10.4 Å². The second kappa shape index (κ2) is 3.92. The van der Waals surface area contributed by atoms with E-state index in [2.05, 4.69) is 15.1 Å². The van der Waals surface area contributed by atoms with Crippen LogP contribution in [0.5, 0.6) is 0 Å². The molecule has 1 N–H and O–H groups in total. The van der Waals surface area contributed by atoms with Crippen molar-refractivity contribution in [2.24, 2.45) is 0 Å². The summed E-state index contributed by atoms with van der Waals surface area (Å²) in [7, 11) is 0. The van der Waals surface area contributed by atoms with Gasteiger partial charge in [0.25, 0.3) is 0 Å². The lowest BCUT2D eigenvalue weighted by molar-refractivity contribution is 0.0698. The summed E-state index contributed by atoms with van der Waals surface area (Å²) in [6.45, 7) is 0. The van der Waals surface area contributed by atoms with E-state index in [1.54, 1.807) is 30.7 Å². The van der Waals surface area contributed by atoms with Crippen LogP contribution in [0.25, 0.3) is 16.8 Å². The molecule has 0 radical (unpaired) electrons. The number of carbonyl (C=O) groups is 1. The zero-order chi connectivity index (χ0) is 12.5. The van der Waals surface area contributed by atoms with Crippen LogP contribution >= 0.6 is 0 Å². The first-order chi connectivity index (χ1) is 8.75. The van der Waals surface area contributed by atoms with Gasteiger partial charge in [0.15, 0.2) is 5.65 Å². The lowest BCUT2D eigenvalue weighted by atomic mass is 10.1. The van der Waals surface area contributed by atoms with Crippen molar-refractivity contribution in [3.05, 3.63) is 48.7 Å². The van der Waals surface area contributed by atoms with Gasteiger partial charge in [0.05, 0.1) is 0 Å². The van der Waals surface area contributed by atoms with Gasteiger partial charge in [-0.1, -0.05) is 6.07 Å². The molecule has 0 unspecified atom stereocenters. The van der Waals surface area contributed by atoms with Crippen LogP contribution in [-0.4, -0.2) is 30.7 Å². The number of hydrogen-bond donors (Lipinski definition) is 1. The molecule has 0 saturated heterocycles. The van der Waals surface area contributed by atoms with E-state index in [0.29, 0.717) is 5.65 Å². The van der Waals surface area contributed by atoms with Crippen molar-refractivity contribution in [3.63, 3.8) is 0 Å². The third-order valence-corrected chi connectivity index (χ3v) is 2.60. The molecule has 0 bridgehead atoms. The van der Waals surface area contributed by atoms with Crippen molar-refractivity contribution in [3.8, 4) is 11.1 Å². The molecule has 6 heteroatoms. The topological polar surface area (TPSA) is 80.4 Å². The zero-order valence-electron chi connectivity index (χ0n) is 9.19. The Balaban J connectivity index is 2.29. The molecule has 0 aliphatic carbocycles. The minimum absolute atomic E-state index is 0.119. The number of nitrogens with zero attached hydrogens (tertiary/aromatic N) is 4. The number of hydrogen-bond acceptors (Lipinski definition) is 4. The Labute approximate surface area is 102 Å². The Morgan fingerprint density at radius 2 is 2.22 bits per heavy atom. The molecule has 0 fully saturated rings. The van der Waals surface area contributed by atoms with Crippen molar-refractivity contribution in [2.45, 2.75) is 0 Å². The van der Waals surface area contributed by atoms with Crippen LogP contribution in [0, 0.1) is 0 Å². The number of aromatic carboxylic acids is 1. The molecule has 3 aromatic heterocycles. The monoisotopic (exact) mass is 240 g/mol. The lowest BCUT2D eigenvalue weighted by Crippen LogP contribution is -2.02. The van der Waals surface area contributed by atoms with E-state index in [-0.39, 0.29) is 5.56 Å². The van der Waals surface area contributed by atoms with E-state index in [4.69, 9.17) is 0 Å². The summed E-state index contributed by atoms with van der Waals surface area (Å²) in [6.07, 6.45) is 6.39. The Hall–Kier alpha value is -2.76. The summed E-state index contributed by atoms with van der Waals surface area (Å²) in [4.78, 5) is 19.1. The van der Waals surface area contributed by atoms with Crippen molar-refractivity contribution in [1.29, 1.82) is 0 Å². The summed E-state index contributed by atoms with van der Waals surface area (Å²) in [5.41, 5.74) is 2.01. The van der Waals surface area contributed by atoms with Crippen molar-refractivity contribution in [1.82, 2.24) is 19.6 Å². The average Bonchev–Trinajstić information content (AvgIpc) is 2.86. The first kappa shape index (κ1) is 10.4. The van der Waals surface area contributed by atoms with E-state index >= 15 is 0 Å². The van der Waals surface area contributed by atoms with Crippen LogP contribution in [0.2, 0.25) is 0 Å². The van der Waals surface area contributed by atoms with E-state index in [0.717, 1.165) is 11.1 Å². The molecule has 6 nitrogen and oxygen atoms in total. The summed E-state index contributed by atoms with van der Waals surface area (Å²) >= 11 is 0. The van der Waals surface area contributed by atoms with Gasteiger partial charge < -0.3 is 5.11 Å². The highest BCUT2D eigenvalue weighted by Crippen LogP contribution is 2.21. The van der Waals surface area contributed by atoms with Crippen LogP contribution < -0.4 is 0 Å². The van der Waals surface area contributed by atoms with Crippen LogP contribution in [-0.2, 0) is 0 Å². The van der Waals surface area contributed by atoms with Crippen molar-refractivity contribution in [2.75, 3.05) is 0 Å². The number of fused-ring (bicyclic) bond motifs is 1. The van der Waals surface area contributed by atoms with Gasteiger partial charge in [0.2, 0.25) is 0 Å². The van der Waals surface area contributed by atoms with E-state index < -0.39 is 5.97 Å². The molecule has 3 aromatic rings. The van der Waals surface area contributed by atoms with Gasteiger partial charge in [-0.2, -0.15) is 5.10 Å². The fourth-order valence-corrected chi connectivity index (χ4v) is 1.78. The summed E-state index contributed by atoms with van der Waals surface area (Å²) < 4.78 is 1.45. The minimum Gasteiger partial charge on any atom is -0.478 e. The predicted octanol–water partition coefficient (Wildman–Crippen LogP) is 1.49. The number of carboxylic acid groups (broad SMARTS) is 1. The zero-order valence-corrected chi connectivity index (χ0v) is 9.19. The van der Waals surface area contributed by atoms with E-state index in [1.165, 1.54) is 10.8 Å². The van der Waals surface area contributed by atoms with Crippen LogP contribution in [0.15, 0.2) is 43.1 Å². The molecular formula is C12H8N4O2. The first-order valence-electron chi connectivity index (χ1n) is 5.23. The molecule has 0 saturated carbocycles. The Morgan fingerprint density at radius 3 is 2.94 bits per heavy atom. The maximum absolute atomic E-state index is 11.2. The fraction of sp³-hybridized carbons (Fsp3) is 0. The smallest absolute Gasteiger partial charge is 0.339 e. The third kappa shape index (κ3) is 1.60. The molecule has 0 aliphatic rings. The maximum Gasteiger partial charge on any atom is 0.339 e. The summed E-state index contributed by atoms with van der Waals surface area (Å²) in [5.74, 6) is -1.03. The first-order valence-corrected chi connectivity index (χ1v) is 5.23. The summed E-state index contributed by atoms with van der Waals surface area (Å²) in [6, 6.07) is 5.22. The van der Waals surface area contributed by atoms with Gasteiger partial charge >= 0.3 is 5.97 Å². The van der Waals surface area contributed by atoms with Crippen molar-refractivity contribution >= 4 is 11.6 Å². The van der Waals surface area contributed by atoms with E-state index in [1.807, 2.05) is 6.07 Å². The number of aromatic nitrogens is 4. The molecule has 0 aromatic carbocycles. The fourth-order valence-electron chi connectivity index (χ4n) is 1.78. The van der Waals surface area contributed by atoms with Gasteiger partial charge in [-0.05, 0) is 12.1 Å². The normalized spacial score (nSPS) is 10.7. The second-order valence-corrected chi connectivity index (χ2v) is 3.72. The number of rotatable bonds is 2. The minimum atomic E-state index is -1.03. The highest BCUT2D eigenvalue weighted by atomic mass is 16.4. The molecule has 3 rings (SSSR count). The van der Waals surface area contributed by atoms with Crippen molar-refractivity contribution < 1.29 is 9.90 Å². The van der Waals surface area contributed by atoms with Crippen LogP contribution in [0.4, 0.5) is 0 Å². The summed E-state index contributed by atoms with van der Waals surface area (Å²) in [5, 5.41) is 13.1. The second-order valence-electron chi connectivity index (χ2n) is 3.72. The number of carboxylic acids is 1. The highest BCUT2D eigenvalue weighted by Gasteiger charge is 2.13. The molecule has 18 heavy (non-hydrogen) atoms. The molecule has 0 atom stereocenters. The van der Waals surface area contributed by atoms with Gasteiger partial charge in [0.1, 0.15) is 11.9 Å². The van der Waals surface area contributed by atoms with Gasteiger partial charge in [0, 0.05) is 29.7 Å². The SMILES string of the molecule is O=C(O)c1cc(-c2cccnc2)cn2ncnc12. The largest absolute Gasteiger partial charge is 0.478 e. The Kier molecular flexibility index (Phi) is 2.26. The molecule has 0 spiro atoms. The third-order valence-electron chi connectivity index (χ3n) is 2.60. The Morgan fingerprint density at radius 1 is 1.33 bits per heavy atom. The van der Waals surface area contributed by atoms with Gasteiger partial charge in [-0.25, -0.2) is 14.3 Å². The van der Waals surface area contributed by atoms with Crippen LogP contribution in [0.3, 0.4) is 0 Å². The molecule has 88 valence electrons. The average molecular weight is 240 g/mol. The van der Waals surface area contributed by atoms with Gasteiger partial charge in [-0.3, -0.25) is 4.98 Å². The van der Waals surface area contributed by atoms with E-state index in [9.17, 15) is 9.90 Å². The molecule has 3 heterocycles. The Bertz CT molecular complexity index is 721. The maximum atomic E-state index is 11.2. The quantitative estimate of drug-likeness (QED) is 0.734. The molecule has 0 amide bonds. The standard InChI is InChI=1S/C12H8N4O2/c17-12(18)10-4-9(8-2-1-3-13-5-8)6-16-11(10)14-7-15-16/h1-7H,(H,17,18). The molecule has 0 aliphatic heterocycles. The molecular weight excluding hydrogens is 232 g/mol. The highest BCUT2D eigenvalue weighted by molar-refractivity contribution is 5.95. The predicted molar refractivity (Wildman–Crippen MR) is 63.2 cm³/mol. The lowest BCUT2D eigenvalue weighted by Gasteiger charge is -2.04. The number of pyridine rings is 2. The van der Waals surface area contributed by atoms with Gasteiger partial charge in [-0.15, -0.1) is 0 Å².